The van der Waals surface area contributed by atoms with Crippen LogP contribution in [0.3, 0.4) is 0 Å². The van der Waals surface area contributed by atoms with Crippen molar-refractivity contribution in [2.75, 3.05) is 20.1 Å². The van der Waals surface area contributed by atoms with Gasteiger partial charge in [0.2, 0.25) is 0 Å². The van der Waals surface area contributed by atoms with Crippen LogP contribution in [0.2, 0.25) is 0 Å². The Labute approximate surface area is 120 Å². The highest BCUT2D eigenvalue weighted by atomic mass is 35.5. The van der Waals surface area contributed by atoms with Gasteiger partial charge in [-0.05, 0) is 33.0 Å². The van der Waals surface area contributed by atoms with Gasteiger partial charge in [-0.3, -0.25) is 4.90 Å². The summed E-state index contributed by atoms with van der Waals surface area (Å²) in [6, 6.07) is 0.435. The highest BCUT2D eigenvalue weighted by Crippen LogP contribution is 2.33. The Balaban J connectivity index is 0.00000180. The number of piperidine rings is 1. The molecule has 1 fully saturated rings. The first-order chi connectivity index (χ1) is 8.47. The second-order valence-electron chi connectivity index (χ2n) is 4.51. The lowest BCUT2D eigenvalue weighted by Gasteiger charge is -2.30. The maximum atomic E-state index is 12.4. The van der Waals surface area contributed by atoms with Crippen LogP contribution in [0.25, 0.3) is 0 Å². The predicted octanol–water partition coefficient (Wildman–Crippen LogP) is 2.77. The molecular weight excluding hydrogens is 299 g/mol. The second-order valence-corrected chi connectivity index (χ2v) is 5.63. The van der Waals surface area contributed by atoms with E-state index < -0.39 is 11.1 Å². The highest BCUT2D eigenvalue weighted by molar-refractivity contribution is 7.11. The molecule has 0 aliphatic carbocycles. The van der Waals surface area contributed by atoms with E-state index in [1.807, 2.05) is 7.05 Å². The first kappa shape index (κ1) is 16.7. The van der Waals surface area contributed by atoms with E-state index in [1.54, 1.807) is 0 Å². The first-order valence-corrected chi connectivity index (χ1v) is 6.71. The second kappa shape index (κ2) is 6.88. The van der Waals surface area contributed by atoms with Crippen molar-refractivity contribution in [2.24, 2.45) is 0 Å². The topological polar surface area (TPSA) is 28.2 Å². The molecule has 0 atom stereocenters. The molecule has 0 unspecified atom stereocenters. The average Bonchev–Trinajstić information content (AvgIpc) is 2.78. The van der Waals surface area contributed by atoms with Gasteiger partial charge in [0.1, 0.15) is 9.88 Å². The van der Waals surface area contributed by atoms with Crippen molar-refractivity contribution in [1.29, 1.82) is 0 Å². The quantitative estimate of drug-likeness (QED) is 0.929. The van der Waals surface area contributed by atoms with Crippen LogP contribution < -0.4 is 5.32 Å². The molecule has 1 aromatic rings. The molecule has 3 nitrogen and oxygen atoms in total. The summed E-state index contributed by atoms with van der Waals surface area (Å²) in [4.78, 5) is 5.34. The predicted molar refractivity (Wildman–Crippen MR) is 71.7 cm³/mol. The largest absolute Gasteiger partial charge is 0.427 e. The van der Waals surface area contributed by atoms with Gasteiger partial charge in [0.25, 0.3) is 0 Å². The van der Waals surface area contributed by atoms with E-state index in [4.69, 9.17) is 0 Å². The van der Waals surface area contributed by atoms with Crippen LogP contribution in [0.4, 0.5) is 13.2 Å². The number of aromatic nitrogens is 1. The van der Waals surface area contributed by atoms with Gasteiger partial charge in [-0.15, -0.1) is 23.7 Å². The number of hydrogen-bond donors (Lipinski definition) is 1. The summed E-state index contributed by atoms with van der Waals surface area (Å²) in [7, 11) is 1.95. The molecule has 1 aliphatic rings. The van der Waals surface area contributed by atoms with E-state index in [9.17, 15) is 13.2 Å². The molecule has 19 heavy (non-hydrogen) atoms. The van der Waals surface area contributed by atoms with Crippen LogP contribution in [-0.4, -0.2) is 36.1 Å². The Bertz CT molecular complexity index is 391. The van der Waals surface area contributed by atoms with Crippen LogP contribution in [0.15, 0.2) is 6.20 Å². The number of thiazole rings is 1. The summed E-state index contributed by atoms with van der Waals surface area (Å²) < 4.78 is 37.3. The monoisotopic (exact) mass is 315 g/mol. The van der Waals surface area contributed by atoms with Crippen molar-refractivity contribution in [2.45, 2.75) is 31.6 Å². The fourth-order valence-electron chi connectivity index (χ4n) is 2.10. The summed E-state index contributed by atoms with van der Waals surface area (Å²) in [5, 5.41) is 3.80. The van der Waals surface area contributed by atoms with Crippen molar-refractivity contribution in [3.8, 4) is 0 Å². The number of alkyl halides is 3. The molecule has 0 spiro atoms. The standard InChI is InChI=1S/C11H16F3N3S.ClH/c1-17(8-2-4-15-5-3-8)7-10-16-6-9(18-10)11(12,13)14;/h6,8,15H,2-5,7H2,1H3;1H. The lowest BCUT2D eigenvalue weighted by atomic mass is 10.1. The van der Waals surface area contributed by atoms with Crippen molar-refractivity contribution < 1.29 is 13.2 Å². The molecular formula is C11H17ClF3N3S. The van der Waals surface area contributed by atoms with Gasteiger partial charge in [0.15, 0.2) is 0 Å². The first-order valence-electron chi connectivity index (χ1n) is 5.89. The van der Waals surface area contributed by atoms with E-state index in [0.29, 0.717) is 17.6 Å². The molecule has 0 saturated carbocycles. The van der Waals surface area contributed by atoms with Crippen molar-refractivity contribution in [3.05, 3.63) is 16.1 Å². The Morgan fingerprint density at radius 3 is 2.58 bits per heavy atom. The molecule has 2 rings (SSSR count). The Morgan fingerprint density at radius 2 is 2.05 bits per heavy atom. The van der Waals surface area contributed by atoms with Gasteiger partial charge in [-0.1, -0.05) is 0 Å². The molecule has 0 amide bonds. The lowest BCUT2D eigenvalue weighted by Crippen LogP contribution is -2.40. The third-order valence-electron chi connectivity index (χ3n) is 3.15. The summed E-state index contributed by atoms with van der Waals surface area (Å²) >= 11 is 0.739. The van der Waals surface area contributed by atoms with Crippen LogP contribution >= 0.6 is 23.7 Å². The molecule has 1 saturated heterocycles. The highest BCUT2D eigenvalue weighted by Gasteiger charge is 2.33. The van der Waals surface area contributed by atoms with Crippen molar-refractivity contribution in [1.82, 2.24) is 15.2 Å². The van der Waals surface area contributed by atoms with Gasteiger partial charge in [-0.25, -0.2) is 4.98 Å². The van der Waals surface area contributed by atoms with Crippen LogP contribution in [0, 0.1) is 0 Å². The van der Waals surface area contributed by atoms with E-state index in [1.165, 1.54) is 0 Å². The summed E-state index contributed by atoms with van der Waals surface area (Å²) in [5.74, 6) is 0. The van der Waals surface area contributed by atoms with E-state index in [2.05, 4.69) is 15.2 Å². The molecule has 1 aliphatic heterocycles. The van der Waals surface area contributed by atoms with Gasteiger partial charge < -0.3 is 5.32 Å². The fourth-order valence-corrected chi connectivity index (χ4v) is 2.95. The number of rotatable bonds is 3. The molecule has 0 radical (unpaired) electrons. The lowest BCUT2D eigenvalue weighted by molar-refractivity contribution is -0.134. The number of nitrogens with one attached hydrogen (secondary N) is 1. The molecule has 2 heterocycles. The third-order valence-corrected chi connectivity index (χ3v) is 4.18. The Kier molecular flexibility index (Phi) is 6.04. The Hall–Kier alpha value is -0.370. The van der Waals surface area contributed by atoms with Gasteiger partial charge in [0.05, 0.1) is 12.7 Å². The summed E-state index contributed by atoms with van der Waals surface area (Å²) in [6.45, 7) is 2.44. The molecule has 8 heteroatoms. The van der Waals surface area contributed by atoms with Crippen LogP contribution in [0.1, 0.15) is 22.7 Å². The van der Waals surface area contributed by atoms with Crippen molar-refractivity contribution in [3.63, 3.8) is 0 Å². The van der Waals surface area contributed by atoms with Gasteiger partial charge in [0, 0.05) is 6.04 Å². The maximum Gasteiger partial charge on any atom is 0.427 e. The molecule has 1 aromatic heterocycles. The zero-order chi connectivity index (χ0) is 13.2. The van der Waals surface area contributed by atoms with Crippen LogP contribution in [-0.2, 0) is 12.7 Å². The average molecular weight is 316 g/mol. The zero-order valence-corrected chi connectivity index (χ0v) is 12.2. The molecule has 1 N–H and O–H groups in total. The summed E-state index contributed by atoms with van der Waals surface area (Å²) in [6.07, 6.45) is -1.28. The minimum Gasteiger partial charge on any atom is -0.317 e. The van der Waals surface area contributed by atoms with Gasteiger partial charge >= 0.3 is 6.18 Å². The fraction of sp³-hybridized carbons (Fsp3) is 0.727. The smallest absolute Gasteiger partial charge is 0.317 e. The number of hydrogen-bond acceptors (Lipinski definition) is 4. The third kappa shape index (κ3) is 4.59. The summed E-state index contributed by atoms with van der Waals surface area (Å²) in [5.41, 5.74) is 0. The number of nitrogens with zero attached hydrogens (tertiary/aromatic N) is 2. The normalized spacial score (nSPS) is 17.5. The molecule has 0 bridgehead atoms. The number of halogens is 4. The molecule has 110 valence electrons. The van der Waals surface area contributed by atoms with Gasteiger partial charge in [-0.2, -0.15) is 13.2 Å². The van der Waals surface area contributed by atoms with Crippen molar-refractivity contribution >= 4 is 23.7 Å². The van der Waals surface area contributed by atoms with Crippen LogP contribution in [0.5, 0.6) is 0 Å². The van der Waals surface area contributed by atoms with E-state index in [0.717, 1.165) is 43.5 Å². The van der Waals surface area contributed by atoms with E-state index in [-0.39, 0.29) is 12.4 Å². The minimum absolute atomic E-state index is 0. The maximum absolute atomic E-state index is 12.4. The zero-order valence-electron chi connectivity index (χ0n) is 10.5. The SMILES string of the molecule is CN(Cc1ncc(C(F)(F)F)s1)C1CCNCC1.Cl. The minimum atomic E-state index is -4.27. The van der Waals surface area contributed by atoms with E-state index >= 15 is 0 Å². The Morgan fingerprint density at radius 1 is 1.42 bits per heavy atom. The molecule has 0 aromatic carbocycles.